The van der Waals surface area contributed by atoms with Crippen LogP contribution in [0.25, 0.3) is 0 Å². The quantitative estimate of drug-likeness (QED) is 0.794. The summed E-state index contributed by atoms with van der Waals surface area (Å²) in [6.07, 6.45) is 7.44. The van der Waals surface area contributed by atoms with E-state index in [4.69, 9.17) is 0 Å². The van der Waals surface area contributed by atoms with Crippen molar-refractivity contribution in [1.29, 1.82) is 0 Å². The van der Waals surface area contributed by atoms with Crippen LogP contribution in [0.3, 0.4) is 0 Å². The first-order chi connectivity index (χ1) is 11.2. The highest BCUT2D eigenvalue weighted by Gasteiger charge is 2.50. The van der Waals surface area contributed by atoms with E-state index < -0.39 is 5.54 Å². The largest absolute Gasteiger partial charge is 0.354 e. The van der Waals surface area contributed by atoms with Gasteiger partial charge in [0.05, 0.1) is 0 Å². The molecule has 2 atom stereocenters. The van der Waals surface area contributed by atoms with E-state index in [0.29, 0.717) is 13.0 Å². The van der Waals surface area contributed by atoms with E-state index in [1.54, 1.807) is 6.20 Å². The van der Waals surface area contributed by atoms with Crippen LogP contribution >= 0.6 is 0 Å². The van der Waals surface area contributed by atoms with Gasteiger partial charge in [0.2, 0.25) is 5.91 Å². The van der Waals surface area contributed by atoms with Crippen LogP contribution in [-0.4, -0.2) is 58.2 Å². The van der Waals surface area contributed by atoms with Crippen LogP contribution < -0.4 is 10.6 Å². The SMILES string of the molecule is O=C1CC2CCC(CN1)N2C(=O)C1(n2cccn2)CCNCC1. The third-order valence-electron chi connectivity index (χ3n) is 5.58. The minimum atomic E-state index is -0.608. The molecule has 3 aliphatic heterocycles. The molecule has 4 heterocycles. The zero-order valence-corrected chi connectivity index (χ0v) is 13.2. The first-order valence-corrected chi connectivity index (χ1v) is 8.51. The van der Waals surface area contributed by atoms with Crippen LogP contribution in [0.15, 0.2) is 18.5 Å². The highest BCUT2D eigenvalue weighted by molar-refractivity contribution is 5.87. The summed E-state index contributed by atoms with van der Waals surface area (Å²) in [7, 11) is 0. The van der Waals surface area contributed by atoms with Gasteiger partial charge in [-0.25, -0.2) is 0 Å². The lowest BCUT2D eigenvalue weighted by Gasteiger charge is -2.42. The molecule has 0 aromatic carbocycles. The highest BCUT2D eigenvalue weighted by Crippen LogP contribution is 2.36. The Morgan fingerprint density at radius 1 is 1.26 bits per heavy atom. The van der Waals surface area contributed by atoms with Gasteiger partial charge in [0.1, 0.15) is 5.54 Å². The molecule has 0 aliphatic carbocycles. The van der Waals surface area contributed by atoms with Crippen molar-refractivity contribution in [1.82, 2.24) is 25.3 Å². The van der Waals surface area contributed by atoms with Gasteiger partial charge >= 0.3 is 0 Å². The molecule has 4 rings (SSSR count). The van der Waals surface area contributed by atoms with E-state index in [2.05, 4.69) is 15.7 Å². The molecular formula is C16H23N5O2. The summed E-state index contributed by atoms with van der Waals surface area (Å²) >= 11 is 0. The lowest BCUT2D eigenvalue weighted by Crippen LogP contribution is -2.58. The maximum Gasteiger partial charge on any atom is 0.251 e. The number of piperidine rings is 1. The van der Waals surface area contributed by atoms with Gasteiger partial charge in [0.15, 0.2) is 0 Å². The standard InChI is InChI=1S/C16H23N5O2/c22-14-10-12-2-3-13(11-18-14)21(12)15(23)16(4-7-17-8-5-16)20-9-1-6-19-20/h1,6,9,12-13,17H,2-5,7-8,10-11H2,(H,18,22). The maximum atomic E-state index is 13.6. The fourth-order valence-corrected chi connectivity index (χ4v) is 4.36. The topological polar surface area (TPSA) is 79.3 Å². The number of nitrogens with one attached hydrogen (secondary N) is 2. The molecule has 2 unspecified atom stereocenters. The molecule has 7 heteroatoms. The summed E-state index contributed by atoms with van der Waals surface area (Å²) in [5.41, 5.74) is -0.608. The Bertz CT molecular complexity index is 594. The molecule has 23 heavy (non-hydrogen) atoms. The third-order valence-corrected chi connectivity index (χ3v) is 5.58. The average Bonchev–Trinajstić information content (AvgIpc) is 3.19. The zero-order valence-electron chi connectivity index (χ0n) is 13.2. The van der Waals surface area contributed by atoms with Gasteiger partial charge < -0.3 is 15.5 Å². The number of rotatable bonds is 2. The number of fused-ring (bicyclic) bond motifs is 2. The van der Waals surface area contributed by atoms with E-state index in [0.717, 1.165) is 38.8 Å². The van der Waals surface area contributed by atoms with Crippen LogP contribution in [0.5, 0.6) is 0 Å². The van der Waals surface area contributed by atoms with E-state index in [1.807, 2.05) is 21.8 Å². The van der Waals surface area contributed by atoms with Gasteiger partial charge in [-0.05, 0) is 44.8 Å². The minimum absolute atomic E-state index is 0.0392. The van der Waals surface area contributed by atoms with E-state index in [9.17, 15) is 9.59 Å². The first-order valence-electron chi connectivity index (χ1n) is 8.51. The van der Waals surface area contributed by atoms with Crippen LogP contribution in [-0.2, 0) is 15.1 Å². The molecule has 0 spiro atoms. The molecule has 2 N–H and O–H groups in total. The second-order valence-electron chi connectivity index (χ2n) is 6.84. The molecule has 0 radical (unpaired) electrons. The predicted octanol–water partition coefficient (Wildman–Crippen LogP) is -0.159. The van der Waals surface area contributed by atoms with Crippen molar-refractivity contribution in [3.8, 4) is 0 Å². The normalized spacial score (nSPS) is 29.9. The summed E-state index contributed by atoms with van der Waals surface area (Å²) in [6.45, 7) is 2.20. The van der Waals surface area contributed by atoms with Crippen molar-refractivity contribution in [2.75, 3.05) is 19.6 Å². The summed E-state index contributed by atoms with van der Waals surface area (Å²) < 4.78 is 1.84. The van der Waals surface area contributed by atoms with Crippen molar-refractivity contribution in [2.24, 2.45) is 0 Å². The lowest BCUT2D eigenvalue weighted by molar-refractivity contribution is -0.146. The number of carbonyl (C=O) groups is 2. The number of amides is 2. The summed E-state index contributed by atoms with van der Waals surface area (Å²) in [4.78, 5) is 27.4. The Kier molecular flexibility index (Phi) is 3.60. The highest BCUT2D eigenvalue weighted by atomic mass is 16.2. The van der Waals surface area contributed by atoms with E-state index in [1.165, 1.54) is 0 Å². The Labute approximate surface area is 135 Å². The molecule has 124 valence electrons. The third kappa shape index (κ3) is 2.34. The molecule has 2 bridgehead atoms. The average molecular weight is 317 g/mol. The van der Waals surface area contributed by atoms with E-state index in [-0.39, 0.29) is 23.9 Å². The fourth-order valence-electron chi connectivity index (χ4n) is 4.36. The smallest absolute Gasteiger partial charge is 0.251 e. The second kappa shape index (κ2) is 5.63. The Morgan fingerprint density at radius 2 is 2.04 bits per heavy atom. The minimum Gasteiger partial charge on any atom is -0.354 e. The van der Waals surface area contributed by atoms with Crippen molar-refractivity contribution < 1.29 is 9.59 Å². The number of carbonyl (C=O) groups excluding carboxylic acids is 2. The molecule has 7 nitrogen and oxygen atoms in total. The molecular weight excluding hydrogens is 294 g/mol. The van der Waals surface area contributed by atoms with Gasteiger partial charge in [-0.2, -0.15) is 5.10 Å². The van der Waals surface area contributed by atoms with Gasteiger partial charge in [0, 0.05) is 37.4 Å². The maximum absolute atomic E-state index is 13.6. The monoisotopic (exact) mass is 317 g/mol. The van der Waals surface area contributed by atoms with Crippen molar-refractivity contribution in [3.63, 3.8) is 0 Å². The molecule has 3 saturated heterocycles. The Hall–Kier alpha value is -1.89. The van der Waals surface area contributed by atoms with Crippen LogP contribution in [0, 0.1) is 0 Å². The summed E-state index contributed by atoms with van der Waals surface area (Å²) in [5.74, 6) is 0.208. The van der Waals surface area contributed by atoms with Gasteiger partial charge in [-0.15, -0.1) is 0 Å². The number of hydrogen-bond donors (Lipinski definition) is 2. The van der Waals surface area contributed by atoms with Crippen molar-refractivity contribution in [3.05, 3.63) is 18.5 Å². The zero-order chi connectivity index (χ0) is 15.9. The molecule has 2 amide bonds. The van der Waals surface area contributed by atoms with Gasteiger partial charge in [-0.3, -0.25) is 14.3 Å². The number of aromatic nitrogens is 2. The molecule has 1 aromatic rings. The second-order valence-corrected chi connectivity index (χ2v) is 6.84. The summed E-state index contributed by atoms with van der Waals surface area (Å²) in [5, 5.41) is 10.7. The molecule has 3 aliphatic rings. The van der Waals surface area contributed by atoms with Gasteiger partial charge in [-0.1, -0.05) is 0 Å². The van der Waals surface area contributed by atoms with Crippen LogP contribution in [0.4, 0.5) is 0 Å². The Balaban J connectivity index is 1.69. The van der Waals surface area contributed by atoms with Crippen LogP contribution in [0.1, 0.15) is 32.1 Å². The first kappa shape index (κ1) is 14.7. The van der Waals surface area contributed by atoms with Gasteiger partial charge in [0.25, 0.3) is 5.91 Å². The fraction of sp³-hybridized carbons (Fsp3) is 0.688. The van der Waals surface area contributed by atoms with Crippen LogP contribution in [0.2, 0.25) is 0 Å². The lowest BCUT2D eigenvalue weighted by atomic mass is 9.86. The summed E-state index contributed by atoms with van der Waals surface area (Å²) in [6, 6.07) is 2.04. The van der Waals surface area contributed by atoms with Crippen molar-refractivity contribution >= 4 is 11.8 Å². The number of hydrogen-bond acceptors (Lipinski definition) is 4. The van der Waals surface area contributed by atoms with Crippen molar-refractivity contribution in [2.45, 2.75) is 49.7 Å². The molecule has 0 saturated carbocycles. The molecule has 1 aromatic heterocycles. The van der Waals surface area contributed by atoms with E-state index >= 15 is 0 Å². The Morgan fingerprint density at radius 3 is 2.78 bits per heavy atom. The predicted molar refractivity (Wildman–Crippen MR) is 83.6 cm³/mol. The number of nitrogens with zero attached hydrogens (tertiary/aromatic N) is 3. The molecule has 3 fully saturated rings.